The van der Waals surface area contributed by atoms with Crippen LogP contribution in [0.15, 0.2) is 133 Å². The molecular formula is C45H32F8O8P2. The highest BCUT2D eigenvalue weighted by Crippen LogP contribution is 2.47. The number of hydrogen-bond donors (Lipinski definition) is 0. The quantitative estimate of drug-likeness (QED) is 0.0612. The molecular weight excluding hydrogens is 882 g/mol. The third-order valence-corrected chi connectivity index (χ3v) is 13.1. The van der Waals surface area contributed by atoms with Crippen LogP contribution < -0.4 is 21.2 Å². The molecule has 8 nitrogen and oxygen atoms in total. The monoisotopic (exact) mass is 914 g/mol. The summed E-state index contributed by atoms with van der Waals surface area (Å²) in [5, 5.41) is -1.18. The van der Waals surface area contributed by atoms with Crippen molar-refractivity contribution in [2.45, 2.75) is 30.7 Å². The van der Waals surface area contributed by atoms with Crippen molar-refractivity contribution >= 4 is 49.5 Å². The summed E-state index contributed by atoms with van der Waals surface area (Å²) < 4.78 is 157. The van der Waals surface area contributed by atoms with Gasteiger partial charge in [-0.3, -0.25) is 0 Å². The van der Waals surface area contributed by atoms with Gasteiger partial charge in [0.2, 0.25) is 0 Å². The molecule has 1 saturated heterocycles. The minimum atomic E-state index is -2.81. The van der Waals surface area contributed by atoms with E-state index < -0.39 is 112 Å². The number of ether oxygens (including phenoxy) is 4. The van der Waals surface area contributed by atoms with Crippen LogP contribution in [0.3, 0.4) is 0 Å². The predicted octanol–water partition coefficient (Wildman–Crippen LogP) is 8.42. The molecule has 0 saturated carbocycles. The fourth-order valence-electron chi connectivity index (χ4n) is 6.57. The third kappa shape index (κ3) is 11.3. The molecule has 63 heavy (non-hydrogen) atoms. The SMILES string of the molecule is CO[C@H]1O[C@H](COC(=O)c2ccccc2)[C@@H](OP(c2cc(F)cc(F)c2)c2cc(F)cc(F)c2)[C@H](OP(c2cc(F)cc(F)c2)c2cc(F)cc(F)c2)[C@H]1OC(=O)c1ccccc1. The molecule has 18 heteroatoms. The van der Waals surface area contributed by atoms with Crippen LogP contribution >= 0.6 is 16.3 Å². The van der Waals surface area contributed by atoms with Gasteiger partial charge < -0.3 is 28.0 Å². The highest BCUT2D eigenvalue weighted by atomic mass is 31.1. The van der Waals surface area contributed by atoms with Crippen LogP contribution in [0.4, 0.5) is 35.1 Å². The maximum Gasteiger partial charge on any atom is 0.338 e. The Bertz CT molecular complexity index is 2390. The standard InChI is InChI=1S/C45H32F8O8P2/c1-56-45-42(59-44(55)26-10-6-3-7-11-26)41(61-63(37-20-31(50)14-32(51)21-37)38-22-33(52)15-34(53)23-38)40(39(58-45)24-57-43(54)25-8-4-2-5-9-25)60-62(35-16-27(46)12-28(47)17-35)36-18-29(48)13-30(49)19-36/h2-23,39-42,45H,24H2,1H3/t39-,40-,41+,42-,45+/m1/s1. The molecule has 0 bridgehead atoms. The molecule has 0 N–H and O–H groups in total. The minimum Gasteiger partial charge on any atom is -0.459 e. The first-order chi connectivity index (χ1) is 30.2. The number of carbonyl (C=O) groups is 2. The van der Waals surface area contributed by atoms with Crippen LogP contribution in [-0.4, -0.2) is 56.4 Å². The zero-order valence-corrected chi connectivity index (χ0v) is 34.3. The predicted molar refractivity (Wildman–Crippen MR) is 216 cm³/mol. The minimum absolute atomic E-state index is 0.00289. The molecule has 0 aliphatic carbocycles. The van der Waals surface area contributed by atoms with Crippen molar-refractivity contribution in [3.05, 3.63) is 191 Å². The van der Waals surface area contributed by atoms with E-state index in [0.29, 0.717) is 24.3 Å². The summed E-state index contributed by atoms with van der Waals surface area (Å²) in [5.41, 5.74) is 0.0888. The van der Waals surface area contributed by atoms with Crippen LogP contribution in [0.5, 0.6) is 0 Å². The fraction of sp³-hybridized carbons (Fsp3) is 0.156. The van der Waals surface area contributed by atoms with E-state index in [2.05, 4.69) is 0 Å². The summed E-state index contributed by atoms with van der Waals surface area (Å²) in [6.07, 6.45) is -8.79. The number of esters is 2. The van der Waals surface area contributed by atoms with Crippen molar-refractivity contribution in [3.63, 3.8) is 0 Å². The molecule has 1 fully saturated rings. The topological polar surface area (TPSA) is 89.5 Å². The summed E-state index contributed by atoms with van der Waals surface area (Å²) >= 11 is 0. The Balaban J connectivity index is 1.43. The normalized spacial score (nSPS) is 18.7. The van der Waals surface area contributed by atoms with E-state index in [-0.39, 0.29) is 32.3 Å². The molecule has 326 valence electrons. The van der Waals surface area contributed by atoms with Crippen molar-refractivity contribution in [2.75, 3.05) is 13.7 Å². The lowest BCUT2D eigenvalue weighted by molar-refractivity contribution is -0.283. The van der Waals surface area contributed by atoms with Gasteiger partial charge in [0.1, 0.15) is 71.5 Å². The smallest absolute Gasteiger partial charge is 0.338 e. The number of methoxy groups -OCH3 is 1. The van der Waals surface area contributed by atoms with Crippen molar-refractivity contribution < 1.29 is 72.7 Å². The molecule has 0 unspecified atom stereocenters. The van der Waals surface area contributed by atoms with Crippen LogP contribution in [0, 0.1) is 46.5 Å². The molecule has 1 heterocycles. The molecule has 1 aliphatic heterocycles. The number of rotatable bonds is 14. The Morgan fingerprint density at radius 1 is 0.492 bits per heavy atom. The maximum absolute atomic E-state index is 15.0. The number of benzene rings is 6. The van der Waals surface area contributed by atoms with Gasteiger partial charge in [0.15, 0.2) is 12.4 Å². The van der Waals surface area contributed by atoms with E-state index in [1.54, 1.807) is 24.3 Å². The van der Waals surface area contributed by atoms with Crippen molar-refractivity contribution in [2.24, 2.45) is 0 Å². The second-order valence-corrected chi connectivity index (χ2v) is 17.4. The Morgan fingerprint density at radius 2 is 0.841 bits per heavy atom. The van der Waals surface area contributed by atoms with E-state index in [4.69, 9.17) is 28.0 Å². The number of hydrogen-bond acceptors (Lipinski definition) is 8. The second kappa shape index (κ2) is 20.3. The summed E-state index contributed by atoms with van der Waals surface area (Å²) in [6, 6.07) is 24.0. The first-order valence-electron chi connectivity index (χ1n) is 18.7. The summed E-state index contributed by atoms with van der Waals surface area (Å²) in [6.45, 7) is -0.739. The lowest BCUT2D eigenvalue weighted by Crippen LogP contribution is -2.62. The zero-order chi connectivity index (χ0) is 44.8. The van der Waals surface area contributed by atoms with E-state index in [1.165, 1.54) is 36.4 Å². The van der Waals surface area contributed by atoms with E-state index in [1.807, 2.05) is 0 Å². The molecule has 0 amide bonds. The van der Waals surface area contributed by atoms with Crippen LogP contribution in [0.25, 0.3) is 0 Å². The van der Waals surface area contributed by atoms with Crippen molar-refractivity contribution in [1.82, 2.24) is 0 Å². The van der Waals surface area contributed by atoms with Crippen molar-refractivity contribution in [3.8, 4) is 0 Å². The van der Waals surface area contributed by atoms with E-state index in [9.17, 15) is 44.7 Å². The Morgan fingerprint density at radius 3 is 1.21 bits per heavy atom. The Labute approximate surface area is 356 Å². The van der Waals surface area contributed by atoms with Gasteiger partial charge >= 0.3 is 11.9 Å². The molecule has 0 aromatic heterocycles. The van der Waals surface area contributed by atoms with Gasteiger partial charge in [0.25, 0.3) is 0 Å². The molecule has 0 radical (unpaired) electrons. The molecule has 0 spiro atoms. The van der Waals surface area contributed by atoms with Crippen LogP contribution in [-0.2, 0) is 28.0 Å². The molecule has 5 atom stereocenters. The molecule has 7 rings (SSSR count). The summed E-state index contributed by atoms with van der Waals surface area (Å²) in [4.78, 5) is 27.2. The highest BCUT2D eigenvalue weighted by Gasteiger charge is 2.53. The number of carbonyl (C=O) groups excluding carboxylic acids is 2. The lowest BCUT2D eigenvalue weighted by atomic mass is 9.99. The lowest BCUT2D eigenvalue weighted by Gasteiger charge is -2.46. The summed E-state index contributed by atoms with van der Waals surface area (Å²) in [5.74, 6) is -10.8. The molecule has 6 aromatic carbocycles. The first kappa shape index (κ1) is 45.4. The summed E-state index contributed by atoms with van der Waals surface area (Å²) in [7, 11) is -4.46. The molecule has 1 aliphatic rings. The Hall–Kier alpha value is -5.60. The average Bonchev–Trinajstić information content (AvgIpc) is 3.23. The largest absolute Gasteiger partial charge is 0.459 e. The van der Waals surface area contributed by atoms with Gasteiger partial charge in [-0.25, -0.2) is 44.7 Å². The van der Waals surface area contributed by atoms with Gasteiger partial charge in [-0.05, 0) is 72.8 Å². The maximum atomic E-state index is 15.0. The average molecular weight is 915 g/mol. The second-order valence-electron chi connectivity index (χ2n) is 13.7. The van der Waals surface area contributed by atoms with E-state index in [0.717, 1.165) is 55.6 Å². The van der Waals surface area contributed by atoms with Gasteiger partial charge in [0.05, 0.1) is 27.4 Å². The Kier molecular flexibility index (Phi) is 14.6. The first-order valence-corrected chi connectivity index (χ1v) is 21.2. The third-order valence-electron chi connectivity index (χ3n) is 9.25. The van der Waals surface area contributed by atoms with Gasteiger partial charge in [-0.1, -0.05) is 36.4 Å². The van der Waals surface area contributed by atoms with Crippen LogP contribution in [0.2, 0.25) is 0 Å². The van der Waals surface area contributed by atoms with Gasteiger partial charge in [-0.2, -0.15) is 0 Å². The van der Waals surface area contributed by atoms with Gasteiger partial charge in [0, 0.05) is 52.6 Å². The molecule has 6 aromatic rings. The highest BCUT2D eigenvalue weighted by molar-refractivity contribution is 7.69. The number of halogens is 8. The fourth-order valence-corrected chi connectivity index (χ4v) is 10.6. The van der Waals surface area contributed by atoms with Gasteiger partial charge in [-0.15, -0.1) is 0 Å². The van der Waals surface area contributed by atoms with Crippen LogP contribution in [0.1, 0.15) is 20.7 Å². The van der Waals surface area contributed by atoms with E-state index >= 15 is 0 Å². The zero-order valence-electron chi connectivity index (χ0n) is 32.5. The van der Waals surface area contributed by atoms with Crippen molar-refractivity contribution in [1.29, 1.82) is 0 Å².